The number of carbonyl (C=O) groups excluding carboxylic acids is 1. The van der Waals surface area contributed by atoms with E-state index >= 15 is 0 Å². The minimum atomic E-state index is -0.425. The first-order chi connectivity index (χ1) is 9.60. The fraction of sp³-hybridized carbons (Fsp3) is 0.933. The minimum absolute atomic E-state index is 0.197. The molecular weight excluding hydrogens is 254 g/mol. The molecule has 0 aromatic heterocycles. The van der Waals surface area contributed by atoms with Gasteiger partial charge < -0.3 is 19.8 Å². The summed E-state index contributed by atoms with van der Waals surface area (Å²) < 4.78 is 0. The molecule has 1 atom stereocenters. The molecule has 0 saturated carbocycles. The number of nitrogens with zero attached hydrogens (tertiary/aromatic N) is 3. The van der Waals surface area contributed by atoms with Crippen LogP contribution in [0.5, 0.6) is 0 Å². The molecule has 2 rings (SSSR count). The molecule has 2 aliphatic rings. The van der Waals surface area contributed by atoms with Gasteiger partial charge in [0.2, 0.25) is 5.91 Å². The van der Waals surface area contributed by atoms with Crippen molar-refractivity contribution in [1.29, 1.82) is 0 Å². The van der Waals surface area contributed by atoms with Gasteiger partial charge in [0.25, 0.3) is 0 Å². The lowest BCUT2D eigenvalue weighted by Gasteiger charge is -2.37. The molecule has 5 nitrogen and oxygen atoms in total. The van der Waals surface area contributed by atoms with Crippen LogP contribution >= 0.6 is 0 Å². The van der Waals surface area contributed by atoms with Crippen molar-refractivity contribution < 1.29 is 9.90 Å². The lowest BCUT2D eigenvalue weighted by atomic mass is 10.0. The summed E-state index contributed by atoms with van der Waals surface area (Å²) in [6.07, 6.45) is 3.53. The molecule has 2 heterocycles. The molecule has 5 heteroatoms. The average Bonchev–Trinajstić information content (AvgIpc) is 2.84. The summed E-state index contributed by atoms with van der Waals surface area (Å²) in [5, 5.41) is 10.2. The van der Waals surface area contributed by atoms with Gasteiger partial charge in [0, 0.05) is 32.1 Å². The number of amides is 1. The van der Waals surface area contributed by atoms with E-state index in [1.807, 2.05) is 0 Å². The molecule has 1 amide bonds. The van der Waals surface area contributed by atoms with Gasteiger partial charge >= 0.3 is 0 Å². The second-order valence-corrected chi connectivity index (χ2v) is 6.20. The quantitative estimate of drug-likeness (QED) is 0.766. The summed E-state index contributed by atoms with van der Waals surface area (Å²) in [5.74, 6) is 0.197. The summed E-state index contributed by atoms with van der Waals surface area (Å²) >= 11 is 0. The predicted molar refractivity (Wildman–Crippen MR) is 79.6 cm³/mol. The largest absolute Gasteiger partial charge is 0.390 e. The van der Waals surface area contributed by atoms with Crippen molar-refractivity contribution in [2.24, 2.45) is 0 Å². The van der Waals surface area contributed by atoms with E-state index in [9.17, 15) is 9.90 Å². The number of hydrogen-bond acceptors (Lipinski definition) is 4. The first-order valence-electron chi connectivity index (χ1n) is 7.98. The van der Waals surface area contributed by atoms with Crippen molar-refractivity contribution in [1.82, 2.24) is 14.7 Å². The van der Waals surface area contributed by atoms with Gasteiger partial charge in [-0.1, -0.05) is 6.92 Å². The molecule has 2 aliphatic heterocycles. The smallest absolute Gasteiger partial charge is 0.222 e. The summed E-state index contributed by atoms with van der Waals surface area (Å²) in [6, 6.07) is 0.571. The van der Waals surface area contributed by atoms with Crippen LogP contribution in [0.4, 0.5) is 0 Å². The number of likely N-dealkylation sites (tertiary alicyclic amines) is 2. The molecule has 0 aromatic carbocycles. The molecule has 1 N–H and O–H groups in total. The Balaban J connectivity index is 1.70. The molecule has 2 fully saturated rings. The van der Waals surface area contributed by atoms with E-state index in [0.717, 1.165) is 32.6 Å². The summed E-state index contributed by atoms with van der Waals surface area (Å²) in [4.78, 5) is 18.1. The van der Waals surface area contributed by atoms with E-state index in [4.69, 9.17) is 0 Å². The fourth-order valence-corrected chi connectivity index (χ4v) is 3.37. The van der Waals surface area contributed by atoms with E-state index in [1.54, 1.807) is 4.90 Å². The number of rotatable bonds is 6. The third-order valence-electron chi connectivity index (χ3n) is 4.73. The molecule has 0 aromatic rings. The first-order valence-corrected chi connectivity index (χ1v) is 7.98. The number of carbonyl (C=O) groups is 1. The third kappa shape index (κ3) is 4.17. The Morgan fingerprint density at radius 2 is 2.05 bits per heavy atom. The fourth-order valence-electron chi connectivity index (χ4n) is 3.37. The number of β-amino-alcohol motifs (C(OH)–C–C–N with tert-alkyl or cyclic N) is 1. The standard InChI is InChI=1S/C15H29N3O2/c1-3-17-9-6-13(7-10-17)16(2)11-14(19)12-18-8-4-5-15(18)20/h13-14,19H,3-12H2,1-2H3. The Morgan fingerprint density at radius 1 is 1.35 bits per heavy atom. The van der Waals surface area contributed by atoms with Gasteiger partial charge in [-0.3, -0.25) is 4.79 Å². The van der Waals surface area contributed by atoms with E-state index in [0.29, 0.717) is 25.6 Å². The van der Waals surface area contributed by atoms with E-state index in [1.165, 1.54) is 12.8 Å². The normalized spacial score (nSPS) is 23.8. The molecule has 0 bridgehead atoms. The maximum absolute atomic E-state index is 11.6. The lowest BCUT2D eigenvalue weighted by molar-refractivity contribution is -0.129. The highest BCUT2D eigenvalue weighted by molar-refractivity contribution is 5.78. The number of aliphatic hydroxyl groups is 1. The maximum atomic E-state index is 11.6. The highest BCUT2D eigenvalue weighted by Gasteiger charge is 2.26. The van der Waals surface area contributed by atoms with Crippen LogP contribution in [-0.4, -0.2) is 84.2 Å². The number of likely N-dealkylation sites (N-methyl/N-ethyl adjacent to an activating group) is 1. The zero-order valence-electron chi connectivity index (χ0n) is 12.9. The Labute approximate surface area is 122 Å². The monoisotopic (exact) mass is 283 g/mol. The zero-order valence-corrected chi connectivity index (χ0v) is 12.9. The third-order valence-corrected chi connectivity index (χ3v) is 4.73. The molecule has 0 radical (unpaired) electrons. The molecular formula is C15H29N3O2. The van der Waals surface area contributed by atoms with Gasteiger partial charge in [-0.15, -0.1) is 0 Å². The molecule has 0 spiro atoms. The molecule has 0 aliphatic carbocycles. The Morgan fingerprint density at radius 3 is 2.60 bits per heavy atom. The molecule has 20 heavy (non-hydrogen) atoms. The first kappa shape index (κ1) is 15.7. The van der Waals surface area contributed by atoms with Crippen molar-refractivity contribution in [3.8, 4) is 0 Å². The van der Waals surface area contributed by atoms with Gasteiger partial charge in [0.05, 0.1) is 6.10 Å². The topological polar surface area (TPSA) is 47.0 Å². The van der Waals surface area contributed by atoms with Crippen molar-refractivity contribution >= 4 is 5.91 Å². The Bertz CT molecular complexity index is 316. The highest BCUT2D eigenvalue weighted by atomic mass is 16.3. The van der Waals surface area contributed by atoms with E-state index in [2.05, 4.69) is 23.8 Å². The van der Waals surface area contributed by atoms with Crippen molar-refractivity contribution in [2.45, 2.75) is 44.8 Å². The molecule has 116 valence electrons. The van der Waals surface area contributed by atoms with Crippen molar-refractivity contribution in [3.63, 3.8) is 0 Å². The summed E-state index contributed by atoms with van der Waals surface area (Å²) in [7, 11) is 2.10. The van der Waals surface area contributed by atoms with Crippen LogP contribution in [0, 0.1) is 0 Å². The van der Waals surface area contributed by atoms with Gasteiger partial charge in [0.1, 0.15) is 0 Å². The number of aliphatic hydroxyl groups excluding tert-OH is 1. The molecule has 2 saturated heterocycles. The summed E-state index contributed by atoms with van der Waals surface area (Å²) in [6.45, 7) is 7.64. The Kier molecular flexibility index (Phi) is 5.81. The van der Waals surface area contributed by atoms with Crippen LogP contribution in [0.2, 0.25) is 0 Å². The second kappa shape index (κ2) is 7.38. The second-order valence-electron chi connectivity index (χ2n) is 6.20. The number of hydrogen-bond donors (Lipinski definition) is 1. The van der Waals surface area contributed by atoms with Crippen molar-refractivity contribution in [2.75, 3.05) is 46.3 Å². The number of piperidine rings is 1. The van der Waals surface area contributed by atoms with Gasteiger partial charge in [-0.2, -0.15) is 0 Å². The average molecular weight is 283 g/mol. The molecule has 1 unspecified atom stereocenters. The van der Waals surface area contributed by atoms with Crippen LogP contribution in [0.25, 0.3) is 0 Å². The predicted octanol–water partition coefficient (Wildman–Crippen LogP) is 0.386. The van der Waals surface area contributed by atoms with Crippen LogP contribution in [0.1, 0.15) is 32.6 Å². The van der Waals surface area contributed by atoms with Crippen molar-refractivity contribution in [3.05, 3.63) is 0 Å². The lowest BCUT2D eigenvalue weighted by Crippen LogP contribution is -2.47. The maximum Gasteiger partial charge on any atom is 0.222 e. The van der Waals surface area contributed by atoms with Gasteiger partial charge in [-0.05, 0) is 45.9 Å². The highest BCUT2D eigenvalue weighted by Crippen LogP contribution is 2.16. The van der Waals surface area contributed by atoms with Crippen LogP contribution in [-0.2, 0) is 4.79 Å². The van der Waals surface area contributed by atoms with Gasteiger partial charge in [0.15, 0.2) is 0 Å². The SMILES string of the molecule is CCN1CCC(N(C)CC(O)CN2CCCC2=O)CC1. The van der Waals surface area contributed by atoms with Crippen LogP contribution in [0.15, 0.2) is 0 Å². The van der Waals surface area contributed by atoms with Gasteiger partial charge in [-0.25, -0.2) is 0 Å². The zero-order chi connectivity index (χ0) is 14.5. The minimum Gasteiger partial charge on any atom is -0.390 e. The summed E-state index contributed by atoms with van der Waals surface area (Å²) in [5.41, 5.74) is 0. The van der Waals surface area contributed by atoms with E-state index in [-0.39, 0.29) is 5.91 Å². The van der Waals surface area contributed by atoms with E-state index < -0.39 is 6.10 Å². The van der Waals surface area contributed by atoms with Crippen LogP contribution in [0.3, 0.4) is 0 Å². The Hall–Kier alpha value is -0.650. The van der Waals surface area contributed by atoms with Crippen LogP contribution < -0.4 is 0 Å².